The summed E-state index contributed by atoms with van der Waals surface area (Å²) < 4.78 is 5.42. The molecule has 0 atom stereocenters. The minimum absolute atomic E-state index is 0.0628. The van der Waals surface area contributed by atoms with Gasteiger partial charge in [-0.1, -0.05) is 6.07 Å². The normalized spacial score (nSPS) is 16.5. The number of carbonyl (C=O) groups is 1. The first-order valence-electron chi connectivity index (χ1n) is 8.36. The van der Waals surface area contributed by atoms with Gasteiger partial charge in [0.15, 0.2) is 0 Å². The third kappa shape index (κ3) is 4.80. The molecule has 3 rings (SSSR count). The number of furan rings is 1. The minimum Gasteiger partial charge on any atom is -0.462 e. The third-order valence-electron chi connectivity index (χ3n) is 4.21. The molecule has 1 saturated heterocycles. The molecule has 0 aromatic carbocycles. The van der Waals surface area contributed by atoms with Crippen molar-refractivity contribution in [2.45, 2.75) is 32.4 Å². The lowest BCUT2D eigenvalue weighted by molar-refractivity contribution is -0.117. The summed E-state index contributed by atoms with van der Waals surface area (Å²) in [6, 6.07) is 9.98. The van der Waals surface area contributed by atoms with Crippen molar-refractivity contribution < 1.29 is 9.21 Å². The van der Waals surface area contributed by atoms with Crippen molar-refractivity contribution in [2.75, 3.05) is 13.1 Å². The Balaban J connectivity index is 1.42. The second-order valence-electron chi connectivity index (χ2n) is 6.16. The van der Waals surface area contributed by atoms with E-state index in [2.05, 4.69) is 21.3 Å². The van der Waals surface area contributed by atoms with Crippen LogP contribution in [0.3, 0.4) is 0 Å². The zero-order valence-electron chi connectivity index (χ0n) is 13.9. The highest BCUT2D eigenvalue weighted by Gasteiger charge is 2.20. The van der Waals surface area contributed by atoms with Gasteiger partial charge in [-0.15, -0.1) is 0 Å². The maximum absolute atomic E-state index is 12.0. The molecule has 2 aromatic rings. The van der Waals surface area contributed by atoms with Crippen LogP contribution < -0.4 is 5.32 Å². The Morgan fingerprint density at radius 1 is 1.33 bits per heavy atom. The van der Waals surface area contributed by atoms with Gasteiger partial charge in [0.2, 0.25) is 5.91 Å². The quantitative estimate of drug-likeness (QED) is 0.859. The lowest BCUT2D eigenvalue weighted by Crippen LogP contribution is -2.43. The van der Waals surface area contributed by atoms with Crippen LogP contribution >= 0.6 is 0 Å². The van der Waals surface area contributed by atoms with Crippen LogP contribution in [-0.2, 0) is 11.3 Å². The van der Waals surface area contributed by atoms with Crippen molar-refractivity contribution in [1.29, 1.82) is 0 Å². The van der Waals surface area contributed by atoms with Crippen LogP contribution in [0, 0.1) is 6.92 Å². The van der Waals surface area contributed by atoms with E-state index in [1.807, 2.05) is 37.4 Å². The molecule has 3 heterocycles. The maximum atomic E-state index is 12.0. The van der Waals surface area contributed by atoms with Crippen molar-refractivity contribution in [3.8, 4) is 0 Å². The Hall–Kier alpha value is -2.40. The van der Waals surface area contributed by atoms with Crippen LogP contribution in [0.2, 0.25) is 0 Å². The van der Waals surface area contributed by atoms with E-state index in [-0.39, 0.29) is 11.9 Å². The SMILES string of the molecule is Cc1ccc(/C=C/C(=O)NC2CCN(Cc3ccccn3)CC2)o1. The van der Waals surface area contributed by atoms with Gasteiger partial charge < -0.3 is 9.73 Å². The topological polar surface area (TPSA) is 58.4 Å². The summed E-state index contributed by atoms with van der Waals surface area (Å²) in [5.41, 5.74) is 1.09. The summed E-state index contributed by atoms with van der Waals surface area (Å²) in [7, 11) is 0. The molecule has 0 bridgehead atoms. The van der Waals surface area contributed by atoms with E-state index < -0.39 is 0 Å². The van der Waals surface area contributed by atoms with Gasteiger partial charge in [-0.25, -0.2) is 0 Å². The number of likely N-dealkylation sites (tertiary alicyclic amines) is 1. The van der Waals surface area contributed by atoms with Gasteiger partial charge in [0.25, 0.3) is 0 Å². The van der Waals surface area contributed by atoms with Crippen molar-refractivity contribution >= 4 is 12.0 Å². The van der Waals surface area contributed by atoms with Gasteiger partial charge in [0.05, 0.1) is 5.69 Å². The summed E-state index contributed by atoms with van der Waals surface area (Å²) in [6.07, 6.45) is 7.00. The molecule has 1 aliphatic rings. The molecule has 0 aliphatic carbocycles. The third-order valence-corrected chi connectivity index (χ3v) is 4.21. The van der Waals surface area contributed by atoms with Gasteiger partial charge in [-0.2, -0.15) is 0 Å². The molecule has 126 valence electrons. The van der Waals surface area contributed by atoms with Crippen LogP contribution in [0.1, 0.15) is 30.1 Å². The first kappa shape index (κ1) is 16.5. The second kappa shape index (κ2) is 7.93. The molecule has 0 spiro atoms. The lowest BCUT2D eigenvalue weighted by atomic mass is 10.0. The highest BCUT2D eigenvalue weighted by Crippen LogP contribution is 2.13. The molecule has 0 radical (unpaired) electrons. The Kier molecular flexibility index (Phi) is 5.43. The zero-order valence-corrected chi connectivity index (χ0v) is 13.9. The van der Waals surface area contributed by atoms with E-state index in [1.165, 1.54) is 0 Å². The first-order valence-corrected chi connectivity index (χ1v) is 8.36. The maximum Gasteiger partial charge on any atom is 0.244 e. The molecule has 5 nitrogen and oxygen atoms in total. The molecule has 5 heteroatoms. The number of aromatic nitrogens is 1. The van der Waals surface area contributed by atoms with E-state index in [9.17, 15) is 4.79 Å². The van der Waals surface area contributed by atoms with Crippen LogP contribution in [0.4, 0.5) is 0 Å². The summed E-state index contributed by atoms with van der Waals surface area (Å²) in [4.78, 5) is 18.7. The number of aryl methyl sites for hydroxylation is 1. The molecule has 1 fully saturated rings. The van der Waals surface area contributed by atoms with Gasteiger partial charge >= 0.3 is 0 Å². The van der Waals surface area contributed by atoms with E-state index >= 15 is 0 Å². The number of rotatable bonds is 5. The average Bonchev–Trinajstić information content (AvgIpc) is 3.01. The fourth-order valence-electron chi connectivity index (χ4n) is 2.91. The second-order valence-corrected chi connectivity index (χ2v) is 6.16. The van der Waals surface area contributed by atoms with Crippen molar-refractivity contribution in [2.24, 2.45) is 0 Å². The van der Waals surface area contributed by atoms with E-state index in [1.54, 1.807) is 12.2 Å². The van der Waals surface area contributed by atoms with Crippen LogP contribution in [0.15, 0.2) is 47.0 Å². The monoisotopic (exact) mass is 325 g/mol. The number of piperidine rings is 1. The molecule has 0 unspecified atom stereocenters. The van der Waals surface area contributed by atoms with Crippen molar-refractivity contribution in [3.63, 3.8) is 0 Å². The Bertz CT molecular complexity index is 686. The predicted octanol–water partition coefficient (Wildman–Crippen LogP) is 2.78. The Morgan fingerprint density at radius 3 is 2.83 bits per heavy atom. The molecule has 24 heavy (non-hydrogen) atoms. The van der Waals surface area contributed by atoms with Gasteiger partial charge in [0.1, 0.15) is 11.5 Å². The average molecular weight is 325 g/mol. The summed E-state index contributed by atoms with van der Waals surface area (Å²) in [5.74, 6) is 1.48. The molecule has 1 aliphatic heterocycles. The fourth-order valence-corrected chi connectivity index (χ4v) is 2.91. The summed E-state index contributed by atoms with van der Waals surface area (Å²) in [5, 5.41) is 3.07. The number of nitrogens with one attached hydrogen (secondary N) is 1. The van der Waals surface area contributed by atoms with Gasteiger partial charge in [0, 0.05) is 37.9 Å². The highest BCUT2D eigenvalue weighted by atomic mass is 16.3. The lowest BCUT2D eigenvalue weighted by Gasteiger charge is -2.31. The number of amides is 1. The highest BCUT2D eigenvalue weighted by molar-refractivity contribution is 5.91. The van der Waals surface area contributed by atoms with Crippen LogP contribution in [0.25, 0.3) is 6.08 Å². The van der Waals surface area contributed by atoms with Crippen LogP contribution in [-0.4, -0.2) is 34.9 Å². The molecular formula is C19H23N3O2. The predicted molar refractivity (Wildman–Crippen MR) is 93.2 cm³/mol. The number of pyridine rings is 1. The van der Waals surface area contributed by atoms with E-state index in [0.717, 1.165) is 43.9 Å². The standard InChI is InChI=1S/C19H23N3O2/c1-15-5-6-18(24-15)7-8-19(23)21-16-9-12-22(13-10-16)14-17-4-2-3-11-20-17/h2-8,11,16H,9-10,12-14H2,1H3,(H,21,23)/b8-7+. The number of carbonyl (C=O) groups excluding carboxylic acids is 1. The number of hydrogen-bond acceptors (Lipinski definition) is 4. The van der Waals surface area contributed by atoms with Crippen molar-refractivity contribution in [1.82, 2.24) is 15.2 Å². The number of hydrogen-bond donors (Lipinski definition) is 1. The molecule has 1 N–H and O–H groups in total. The summed E-state index contributed by atoms with van der Waals surface area (Å²) in [6.45, 7) is 4.71. The fraction of sp³-hybridized carbons (Fsp3) is 0.368. The van der Waals surface area contributed by atoms with Gasteiger partial charge in [-0.3, -0.25) is 14.7 Å². The van der Waals surface area contributed by atoms with Crippen LogP contribution in [0.5, 0.6) is 0 Å². The first-order chi connectivity index (χ1) is 11.7. The smallest absolute Gasteiger partial charge is 0.244 e. The van der Waals surface area contributed by atoms with E-state index in [0.29, 0.717) is 5.76 Å². The summed E-state index contributed by atoms with van der Waals surface area (Å²) >= 11 is 0. The van der Waals surface area contributed by atoms with Crippen molar-refractivity contribution in [3.05, 3.63) is 59.8 Å². The number of nitrogens with zero attached hydrogens (tertiary/aromatic N) is 2. The largest absolute Gasteiger partial charge is 0.462 e. The molecule has 0 saturated carbocycles. The minimum atomic E-state index is -0.0628. The molecule has 2 aromatic heterocycles. The van der Waals surface area contributed by atoms with Gasteiger partial charge in [-0.05, 0) is 50.1 Å². The Morgan fingerprint density at radius 2 is 2.17 bits per heavy atom. The Labute approximate surface area is 142 Å². The molecule has 1 amide bonds. The zero-order chi connectivity index (χ0) is 16.8. The molecular weight excluding hydrogens is 302 g/mol. The van der Waals surface area contributed by atoms with E-state index in [4.69, 9.17) is 4.42 Å².